The maximum atomic E-state index is 11.8. The number of carbonyl (C=O) groups excluding carboxylic acids is 1. The van der Waals surface area contributed by atoms with Crippen LogP contribution >= 0.6 is 11.6 Å². The number of rotatable bonds is 4. The van der Waals surface area contributed by atoms with Crippen LogP contribution in [0.1, 0.15) is 17.4 Å². The number of carbonyl (C=O) groups is 1. The molecule has 0 saturated carbocycles. The predicted molar refractivity (Wildman–Crippen MR) is 84.6 cm³/mol. The van der Waals surface area contributed by atoms with Crippen molar-refractivity contribution in [1.82, 2.24) is 15.4 Å². The number of esters is 1. The van der Waals surface area contributed by atoms with Crippen molar-refractivity contribution in [2.45, 2.75) is 6.92 Å². The number of anilines is 2. The van der Waals surface area contributed by atoms with Gasteiger partial charge in [-0.1, -0.05) is 28.9 Å². The van der Waals surface area contributed by atoms with Crippen molar-refractivity contribution >= 4 is 39.8 Å². The zero-order valence-corrected chi connectivity index (χ0v) is 12.5. The molecule has 0 fully saturated rings. The molecule has 3 rings (SSSR count). The molecule has 0 radical (unpaired) electrons. The lowest BCUT2D eigenvalue weighted by atomic mass is 10.1. The average Bonchev–Trinajstić information content (AvgIpc) is 2.96. The van der Waals surface area contributed by atoms with Gasteiger partial charge in [0.25, 0.3) is 0 Å². The molecule has 0 amide bonds. The van der Waals surface area contributed by atoms with Crippen molar-refractivity contribution < 1.29 is 9.53 Å². The maximum Gasteiger partial charge on any atom is 0.360 e. The molecule has 1 heterocycles. The van der Waals surface area contributed by atoms with Gasteiger partial charge in [0.05, 0.1) is 6.61 Å². The Bertz CT molecular complexity index is 831. The van der Waals surface area contributed by atoms with Crippen molar-refractivity contribution in [3.05, 3.63) is 47.1 Å². The molecular weight excluding hydrogens is 304 g/mol. The topological polar surface area (TPSA) is 79.9 Å². The number of halogens is 1. The fourth-order valence-corrected chi connectivity index (χ4v) is 2.27. The van der Waals surface area contributed by atoms with Crippen LogP contribution in [0.25, 0.3) is 10.8 Å². The second-order valence-corrected chi connectivity index (χ2v) is 5.02. The summed E-state index contributed by atoms with van der Waals surface area (Å²) in [5, 5.41) is 15.9. The Kier molecular flexibility index (Phi) is 3.93. The smallest absolute Gasteiger partial charge is 0.360 e. The number of hydrogen-bond acceptors (Lipinski definition) is 5. The minimum absolute atomic E-state index is 0.193. The molecular formula is C15H13ClN4O2. The third kappa shape index (κ3) is 2.87. The molecule has 6 nitrogen and oxygen atoms in total. The van der Waals surface area contributed by atoms with Gasteiger partial charge in [0.1, 0.15) is 0 Å². The lowest BCUT2D eigenvalue weighted by Gasteiger charge is -2.07. The average molecular weight is 317 g/mol. The number of H-pyrrole nitrogens is 1. The molecule has 0 unspecified atom stereocenters. The Hall–Kier alpha value is -2.60. The van der Waals surface area contributed by atoms with Crippen molar-refractivity contribution in [1.29, 1.82) is 0 Å². The molecule has 0 bridgehead atoms. The SMILES string of the molecule is CCOC(=O)c1[nH]nnc1Nc1ccc2cc(Cl)ccc2c1. The van der Waals surface area contributed by atoms with E-state index in [1.807, 2.05) is 36.4 Å². The van der Waals surface area contributed by atoms with E-state index in [2.05, 4.69) is 20.7 Å². The van der Waals surface area contributed by atoms with Crippen molar-refractivity contribution in [3.63, 3.8) is 0 Å². The standard InChI is InChI=1S/C15H13ClN4O2/c1-2-22-15(21)13-14(19-20-18-13)17-12-6-4-9-7-11(16)5-3-10(9)8-12/h3-8H,2H2,1H3,(H2,17,18,19,20). The lowest BCUT2D eigenvalue weighted by Crippen LogP contribution is -2.08. The molecule has 7 heteroatoms. The van der Waals surface area contributed by atoms with Gasteiger partial charge in [-0.25, -0.2) is 9.89 Å². The van der Waals surface area contributed by atoms with Gasteiger partial charge in [0.15, 0.2) is 11.5 Å². The Morgan fingerprint density at radius 2 is 2.05 bits per heavy atom. The van der Waals surface area contributed by atoms with Gasteiger partial charge in [-0.3, -0.25) is 0 Å². The first-order valence-electron chi connectivity index (χ1n) is 6.72. The fraction of sp³-hybridized carbons (Fsp3) is 0.133. The largest absolute Gasteiger partial charge is 0.461 e. The van der Waals surface area contributed by atoms with Gasteiger partial charge < -0.3 is 10.1 Å². The summed E-state index contributed by atoms with van der Waals surface area (Å²) in [5.74, 6) is -0.172. The number of ether oxygens (including phenoxy) is 1. The summed E-state index contributed by atoms with van der Waals surface area (Å²) in [6.07, 6.45) is 0. The first-order chi connectivity index (χ1) is 10.7. The summed E-state index contributed by atoms with van der Waals surface area (Å²) in [4.78, 5) is 11.8. The number of benzene rings is 2. The third-order valence-electron chi connectivity index (χ3n) is 3.09. The van der Waals surface area contributed by atoms with Gasteiger partial charge in [-0.05, 0) is 42.0 Å². The molecule has 3 aromatic rings. The van der Waals surface area contributed by atoms with Gasteiger partial charge in [-0.2, -0.15) is 0 Å². The van der Waals surface area contributed by atoms with E-state index in [1.165, 1.54) is 0 Å². The Labute approximate surface area is 131 Å². The number of fused-ring (bicyclic) bond motifs is 1. The molecule has 22 heavy (non-hydrogen) atoms. The molecule has 112 valence electrons. The minimum Gasteiger partial charge on any atom is -0.461 e. The summed E-state index contributed by atoms with van der Waals surface area (Å²) < 4.78 is 4.94. The lowest BCUT2D eigenvalue weighted by molar-refractivity contribution is 0.0520. The highest BCUT2D eigenvalue weighted by Gasteiger charge is 2.16. The Morgan fingerprint density at radius 3 is 2.86 bits per heavy atom. The van der Waals surface area contributed by atoms with Crippen LogP contribution in [0.3, 0.4) is 0 Å². The van der Waals surface area contributed by atoms with Crippen molar-refractivity contribution in [2.75, 3.05) is 11.9 Å². The number of aromatic amines is 1. The van der Waals surface area contributed by atoms with E-state index < -0.39 is 5.97 Å². The molecule has 1 aromatic heterocycles. The van der Waals surface area contributed by atoms with Crippen LogP contribution in [0.4, 0.5) is 11.5 Å². The van der Waals surface area contributed by atoms with Gasteiger partial charge >= 0.3 is 5.97 Å². The zero-order chi connectivity index (χ0) is 15.5. The maximum absolute atomic E-state index is 11.8. The first-order valence-corrected chi connectivity index (χ1v) is 7.09. The van der Waals surface area contributed by atoms with Crippen LogP contribution in [-0.4, -0.2) is 28.0 Å². The second-order valence-electron chi connectivity index (χ2n) is 4.59. The van der Waals surface area contributed by atoms with Crippen LogP contribution in [-0.2, 0) is 4.74 Å². The monoisotopic (exact) mass is 316 g/mol. The van der Waals surface area contributed by atoms with Crippen molar-refractivity contribution in [3.8, 4) is 0 Å². The van der Waals surface area contributed by atoms with E-state index in [4.69, 9.17) is 16.3 Å². The molecule has 2 N–H and O–H groups in total. The summed E-state index contributed by atoms with van der Waals surface area (Å²) in [7, 11) is 0. The van der Waals surface area contributed by atoms with Crippen LogP contribution in [0.5, 0.6) is 0 Å². The van der Waals surface area contributed by atoms with E-state index in [1.54, 1.807) is 6.92 Å². The Balaban J connectivity index is 1.89. The number of aromatic nitrogens is 3. The predicted octanol–water partition coefficient (Wildman–Crippen LogP) is 3.53. The molecule has 0 aliphatic rings. The summed E-state index contributed by atoms with van der Waals surface area (Å²) in [6.45, 7) is 2.03. The van der Waals surface area contributed by atoms with E-state index in [0.717, 1.165) is 16.5 Å². The first kappa shape index (κ1) is 14.3. The normalized spacial score (nSPS) is 10.6. The van der Waals surface area contributed by atoms with Gasteiger partial charge in [0.2, 0.25) is 0 Å². The molecule has 0 atom stereocenters. The van der Waals surface area contributed by atoms with Crippen LogP contribution in [0.15, 0.2) is 36.4 Å². The second kappa shape index (κ2) is 6.03. The van der Waals surface area contributed by atoms with Crippen LogP contribution in [0, 0.1) is 0 Å². The molecule has 0 aliphatic carbocycles. The van der Waals surface area contributed by atoms with Gasteiger partial charge in [0, 0.05) is 10.7 Å². The third-order valence-corrected chi connectivity index (χ3v) is 3.33. The van der Waals surface area contributed by atoms with Gasteiger partial charge in [-0.15, -0.1) is 5.10 Å². The van der Waals surface area contributed by atoms with Crippen molar-refractivity contribution in [2.24, 2.45) is 0 Å². The highest BCUT2D eigenvalue weighted by Crippen LogP contribution is 2.25. The van der Waals surface area contributed by atoms with E-state index in [-0.39, 0.29) is 12.3 Å². The number of hydrogen-bond donors (Lipinski definition) is 2. The van der Waals surface area contributed by atoms with E-state index in [0.29, 0.717) is 10.8 Å². The fourth-order valence-electron chi connectivity index (χ4n) is 2.09. The molecule has 2 aromatic carbocycles. The molecule has 0 saturated heterocycles. The highest BCUT2D eigenvalue weighted by molar-refractivity contribution is 6.31. The quantitative estimate of drug-likeness (QED) is 0.720. The van der Waals surface area contributed by atoms with E-state index in [9.17, 15) is 4.79 Å². The van der Waals surface area contributed by atoms with E-state index >= 15 is 0 Å². The summed E-state index contributed by atoms with van der Waals surface area (Å²) in [6, 6.07) is 11.4. The van der Waals surface area contributed by atoms with Crippen LogP contribution in [0.2, 0.25) is 5.02 Å². The Morgan fingerprint density at radius 1 is 1.27 bits per heavy atom. The minimum atomic E-state index is -0.498. The summed E-state index contributed by atoms with van der Waals surface area (Å²) in [5.41, 5.74) is 0.979. The number of nitrogens with zero attached hydrogens (tertiary/aromatic N) is 2. The highest BCUT2D eigenvalue weighted by atomic mass is 35.5. The zero-order valence-electron chi connectivity index (χ0n) is 11.8. The summed E-state index contributed by atoms with van der Waals surface area (Å²) >= 11 is 5.97. The number of nitrogens with one attached hydrogen (secondary N) is 2. The molecule has 0 aliphatic heterocycles. The molecule has 0 spiro atoms. The van der Waals surface area contributed by atoms with Crippen LogP contribution < -0.4 is 5.32 Å².